The predicted molar refractivity (Wildman–Crippen MR) is 113 cm³/mol. The highest BCUT2D eigenvalue weighted by atomic mass is 32.2. The summed E-state index contributed by atoms with van der Waals surface area (Å²) in [5.74, 6) is 2.91. The molecule has 0 saturated carbocycles. The molecule has 2 aromatic rings. The summed E-state index contributed by atoms with van der Waals surface area (Å²) in [6.45, 7) is 2.97. The molecule has 0 atom stereocenters. The summed E-state index contributed by atoms with van der Waals surface area (Å²) in [5.41, 5.74) is 1.33. The monoisotopic (exact) mass is 411 g/mol. The predicted octanol–water partition coefficient (Wildman–Crippen LogP) is 2.95. The molecule has 0 bridgehead atoms. The minimum absolute atomic E-state index is 0.0236. The third kappa shape index (κ3) is 4.90. The van der Waals surface area contributed by atoms with Crippen LogP contribution < -0.4 is 4.74 Å². The Labute approximate surface area is 175 Å². The maximum atomic E-state index is 12.6. The van der Waals surface area contributed by atoms with E-state index in [2.05, 4.69) is 4.98 Å². The number of amides is 2. The average molecular weight is 412 g/mol. The Morgan fingerprint density at radius 3 is 2.21 bits per heavy atom. The standard InChI is InChI=1S/C22H25N3O3S/c26-21(25-12-14-29-15-13-25)17-3-5-19(6-4-17)28-20-7-10-24(11-8-20)22(27)18-2-1-9-23-16-18/h1-6,9,16,20H,7-8,10-15H2. The van der Waals surface area contributed by atoms with Crippen molar-refractivity contribution in [1.29, 1.82) is 0 Å². The summed E-state index contributed by atoms with van der Waals surface area (Å²) in [6, 6.07) is 11.0. The number of piperidine rings is 1. The summed E-state index contributed by atoms with van der Waals surface area (Å²) in [6.07, 6.45) is 4.93. The topological polar surface area (TPSA) is 62.7 Å². The maximum absolute atomic E-state index is 12.6. The van der Waals surface area contributed by atoms with Gasteiger partial charge in [-0.3, -0.25) is 14.6 Å². The molecule has 152 valence electrons. The second kappa shape index (κ2) is 9.31. The van der Waals surface area contributed by atoms with Crippen LogP contribution in [0.3, 0.4) is 0 Å². The first-order valence-corrected chi connectivity index (χ1v) is 11.2. The zero-order valence-electron chi connectivity index (χ0n) is 16.3. The van der Waals surface area contributed by atoms with Gasteiger partial charge in [0, 0.05) is 68.5 Å². The zero-order chi connectivity index (χ0) is 20.1. The fourth-order valence-corrected chi connectivity index (χ4v) is 4.57. The second-order valence-corrected chi connectivity index (χ2v) is 8.50. The SMILES string of the molecule is O=C(c1ccc(OC2CCN(C(=O)c3cccnc3)CC2)cc1)N1CCSCC1. The Morgan fingerprint density at radius 2 is 1.55 bits per heavy atom. The first-order chi connectivity index (χ1) is 14.2. The minimum Gasteiger partial charge on any atom is -0.490 e. The summed E-state index contributed by atoms with van der Waals surface area (Å²) >= 11 is 1.89. The van der Waals surface area contributed by atoms with Gasteiger partial charge in [0.05, 0.1) is 5.56 Å². The van der Waals surface area contributed by atoms with Crippen LogP contribution in [-0.2, 0) is 0 Å². The van der Waals surface area contributed by atoms with Crippen LogP contribution in [0.1, 0.15) is 33.6 Å². The molecule has 2 aliphatic rings. The van der Waals surface area contributed by atoms with Crippen LogP contribution in [0.15, 0.2) is 48.8 Å². The van der Waals surface area contributed by atoms with Crippen LogP contribution in [0.4, 0.5) is 0 Å². The highest BCUT2D eigenvalue weighted by molar-refractivity contribution is 7.99. The highest BCUT2D eigenvalue weighted by Gasteiger charge is 2.25. The smallest absolute Gasteiger partial charge is 0.255 e. The van der Waals surface area contributed by atoms with Crippen LogP contribution in [-0.4, -0.2) is 70.4 Å². The van der Waals surface area contributed by atoms with Crippen molar-refractivity contribution in [3.05, 3.63) is 59.9 Å². The van der Waals surface area contributed by atoms with Crippen molar-refractivity contribution in [2.24, 2.45) is 0 Å². The van der Waals surface area contributed by atoms with E-state index in [0.29, 0.717) is 24.2 Å². The van der Waals surface area contributed by atoms with Crippen molar-refractivity contribution in [1.82, 2.24) is 14.8 Å². The lowest BCUT2D eigenvalue weighted by molar-refractivity contribution is 0.0595. The van der Waals surface area contributed by atoms with Gasteiger partial charge in [0.2, 0.25) is 0 Å². The highest BCUT2D eigenvalue weighted by Crippen LogP contribution is 2.22. The molecule has 0 aliphatic carbocycles. The number of benzene rings is 1. The molecule has 0 N–H and O–H groups in total. The normalized spacial score (nSPS) is 17.8. The van der Waals surface area contributed by atoms with Gasteiger partial charge < -0.3 is 14.5 Å². The lowest BCUT2D eigenvalue weighted by Crippen LogP contribution is -2.41. The fourth-order valence-electron chi connectivity index (χ4n) is 3.67. The Morgan fingerprint density at radius 1 is 0.897 bits per heavy atom. The summed E-state index contributed by atoms with van der Waals surface area (Å²) < 4.78 is 6.09. The third-order valence-corrected chi connectivity index (χ3v) is 6.28. The molecule has 2 saturated heterocycles. The van der Waals surface area contributed by atoms with Gasteiger partial charge in [-0.05, 0) is 36.4 Å². The first kappa shape index (κ1) is 19.8. The number of ether oxygens (including phenoxy) is 1. The molecule has 2 aliphatic heterocycles. The third-order valence-electron chi connectivity index (χ3n) is 5.34. The molecule has 6 nitrogen and oxygen atoms in total. The van der Waals surface area contributed by atoms with E-state index in [-0.39, 0.29) is 17.9 Å². The van der Waals surface area contributed by atoms with Gasteiger partial charge in [0.1, 0.15) is 11.9 Å². The molecular formula is C22H25N3O3S. The second-order valence-electron chi connectivity index (χ2n) is 7.28. The number of pyridine rings is 1. The summed E-state index contributed by atoms with van der Waals surface area (Å²) in [7, 11) is 0. The number of carbonyl (C=O) groups is 2. The molecule has 2 amide bonds. The van der Waals surface area contributed by atoms with Crippen molar-refractivity contribution in [3.63, 3.8) is 0 Å². The number of rotatable bonds is 4. The van der Waals surface area contributed by atoms with E-state index in [1.165, 1.54) is 0 Å². The van der Waals surface area contributed by atoms with Crippen LogP contribution >= 0.6 is 11.8 Å². The van der Waals surface area contributed by atoms with E-state index in [0.717, 1.165) is 43.2 Å². The fraction of sp³-hybridized carbons (Fsp3) is 0.409. The molecule has 3 heterocycles. The Bertz CT molecular complexity index is 830. The number of aromatic nitrogens is 1. The van der Waals surface area contributed by atoms with Gasteiger partial charge in [0.25, 0.3) is 11.8 Å². The number of thioether (sulfide) groups is 1. The first-order valence-electron chi connectivity index (χ1n) is 10.0. The van der Waals surface area contributed by atoms with E-state index < -0.39 is 0 Å². The number of hydrogen-bond donors (Lipinski definition) is 0. The van der Waals surface area contributed by atoms with Crippen LogP contribution in [0, 0.1) is 0 Å². The van der Waals surface area contributed by atoms with Crippen LogP contribution in [0.5, 0.6) is 5.75 Å². The quantitative estimate of drug-likeness (QED) is 0.774. The molecule has 7 heteroatoms. The molecule has 29 heavy (non-hydrogen) atoms. The van der Waals surface area contributed by atoms with Gasteiger partial charge >= 0.3 is 0 Å². The van der Waals surface area contributed by atoms with E-state index in [1.807, 2.05) is 45.8 Å². The molecule has 1 aromatic carbocycles. The van der Waals surface area contributed by atoms with Gasteiger partial charge in [0.15, 0.2) is 0 Å². The van der Waals surface area contributed by atoms with Crippen molar-refractivity contribution >= 4 is 23.6 Å². The van der Waals surface area contributed by atoms with Crippen LogP contribution in [0.2, 0.25) is 0 Å². The van der Waals surface area contributed by atoms with Crippen molar-refractivity contribution in [2.75, 3.05) is 37.7 Å². The summed E-state index contributed by atoms with van der Waals surface area (Å²) in [5, 5.41) is 0. The van der Waals surface area contributed by atoms with E-state index in [4.69, 9.17) is 4.74 Å². The van der Waals surface area contributed by atoms with Gasteiger partial charge in [-0.2, -0.15) is 11.8 Å². The summed E-state index contributed by atoms with van der Waals surface area (Å²) in [4.78, 5) is 32.9. The van der Waals surface area contributed by atoms with E-state index in [9.17, 15) is 9.59 Å². The largest absolute Gasteiger partial charge is 0.490 e. The lowest BCUT2D eigenvalue weighted by atomic mass is 10.1. The van der Waals surface area contributed by atoms with Crippen LogP contribution in [0.25, 0.3) is 0 Å². The number of likely N-dealkylation sites (tertiary alicyclic amines) is 1. The lowest BCUT2D eigenvalue weighted by Gasteiger charge is -2.32. The van der Waals surface area contributed by atoms with Gasteiger partial charge in [-0.25, -0.2) is 0 Å². The molecule has 4 rings (SSSR count). The molecule has 0 unspecified atom stereocenters. The van der Waals surface area contributed by atoms with Crippen molar-refractivity contribution < 1.29 is 14.3 Å². The molecule has 0 spiro atoms. The number of carbonyl (C=O) groups excluding carboxylic acids is 2. The molecular weight excluding hydrogens is 386 g/mol. The Kier molecular flexibility index (Phi) is 6.34. The van der Waals surface area contributed by atoms with Crippen molar-refractivity contribution in [3.8, 4) is 5.75 Å². The minimum atomic E-state index is 0.0236. The van der Waals surface area contributed by atoms with E-state index in [1.54, 1.807) is 24.5 Å². The van der Waals surface area contributed by atoms with E-state index >= 15 is 0 Å². The van der Waals surface area contributed by atoms with Crippen molar-refractivity contribution in [2.45, 2.75) is 18.9 Å². The average Bonchev–Trinajstić information content (AvgIpc) is 2.80. The molecule has 1 aromatic heterocycles. The van der Waals surface area contributed by atoms with Gasteiger partial charge in [-0.1, -0.05) is 0 Å². The number of hydrogen-bond acceptors (Lipinski definition) is 5. The van der Waals surface area contributed by atoms with Gasteiger partial charge in [-0.15, -0.1) is 0 Å². The Balaban J connectivity index is 1.28. The molecule has 0 radical (unpaired) electrons. The zero-order valence-corrected chi connectivity index (χ0v) is 17.1. The maximum Gasteiger partial charge on any atom is 0.255 e. The molecule has 2 fully saturated rings. The number of nitrogens with zero attached hydrogens (tertiary/aromatic N) is 3. The Hall–Kier alpha value is -2.54.